The first-order valence-corrected chi connectivity index (χ1v) is 9.81. The van der Waals surface area contributed by atoms with Gasteiger partial charge in [0, 0.05) is 24.0 Å². The third kappa shape index (κ3) is 3.39. The highest BCUT2D eigenvalue weighted by Gasteiger charge is 2.33. The van der Waals surface area contributed by atoms with E-state index in [1.165, 1.54) is 31.3 Å². The first-order valence-electron chi connectivity index (χ1n) is 9.81. The zero-order valence-electron chi connectivity index (χ0n) is 17.6. The lowest BCUT2D eigenvalue weighted by Crippen LogP contribution is -2.24. The summed E-state index contributed by atoms with van der Waals surface area (Å²) in [4.78, 5) is 50.2. The Kier molecular flexibility index (Phi) is 5.22. The van der Waals surface area contributed by atoms with Gasteiger partial charge < -0.3 is 9.30 Å². The van der Waals surface area contributed by atoms with E-state index in [2.05, 4.69) is 0 Å². The van der Waals surface area contributed by atoms with Gasteiger partial charge in [-0.25, -0.2) is 9.18 Å². The third-order valence-electron chi connectivity index (χ3n) is 5.48. The predicted octanol–water partition coefficient (Wildman–Crippen LogP) is 3.50. The number of aryl methyl sites for hydroxylation is 1. The van der Waals surface area contributed by atoms with E-state index in [1.54, 1.807) is 42.7 Å². The second kappa shape index (κ2) is 7.88. The molecular weight excluding hydrogens is 415 g/mol. The van der Waals surface area contributed by atoms with Gasteiger partial charge in [0.2, 0.25) is 5.78 Å². The minimum atomic E-state index is -0.793. The molecule has 0 saturated heterocycles. The molecule has 0 unspecified atom stereocenters. The Morgan fingerprint density at radius 1 is 0.969 bits per heavy atom. The van der Waals surface area contributed by atoms with Crippen molar-refractivity contribution in [2.24, 2.45) is 0 Å². The van der Waals surface area contributed by atoms with Gasteiger partial charge in [-0.1, -0.05) is 12.1 Å². The maximum absolute atomic E-state index is 14.2. The Labute approximate surface area is 183 Å². The number of fused-ring (bicyclic) bond motifs is 1. The van der Waals surface area contributed by atoms with Crippen LogP contribution in [0.5, 0.6) is 0 Å². The highest BCUT2D eigenvalue weighted by Crippen LogP contribution is 2.25. The average Bonchev–Trinajstić information content (AvgIpc) is 3.20. The summed E-state index contributed by atoms with van der Waals surface area (Å²) in [6.45, 7) is 2.92. The molecule has 4 rings (SSSR count). The maximum Gasteiger partial charge on any atom is 0.338 e. The summed E-state index contributed by atoms with van der Waals surface area (Å²) in [5.74, 6) is -2.60. The van der Waals surface area contributed by atoms with Crippen molar-refractivity contribution < 1.29 is 28.3 Å². The molecule has 32 heavy (non-hydrogen) atoms. The van der Waals surface area contributed by atoms with Crippen molar-refractivity contribution in [1.82, 2.24) is 9.47 Å². The van der Waals surface area contributed by atoms with Crippen LogP contribution in [0, 0.1) is 19.7 Å². The molecule has 0 saturated carbocycles. The van der Waals surface area contributed by atoms with Crippen molar-refractivity contribution in [1.29, 1.82) is 0 Å². The van der Waals surface area contributed by atoms with Gasteiger partial charge in [0.15, 0.2) is 6.61 Å². The summed E-state index contributed by atoms with van der Waals surface area (Å²) in [5.41, 5.74) is 2.21. The van der Waals surface area contributed by atoms with Crippen LogP contribution in [0.2, 0.25) is 0 Å². The molecule has 3 aromatic rings. The van der Waals surface area contributed by atoms with Crippen LogP contribution in [0.25, 0.3) is 5.69 Å². The molecule has 0 bridgehead atoms. The molecule has 1 aliphatic rings. The molecule has 2 amide bonds. The number of hydrogen-bond acceptors (Lipinski definition) is 5. The fraction of sp³-hybridized carbons (Fsp3) is 0.167. The number of hydrogen-bond donors (Lipinski definition) is 0. The number of ketones is 1. The number of benzene rings is 2. The van der Waals surface area contributed by atoms with Crippen LogP contribution in [-0.4, -0.2) is 46.7 Å². The molecular formula is C24H19FN2O5. The smallest absolute Gasteiger partial charge is 0.338 e. The second-order valence-electron chi connectivity index (χ2n) is 7.50. The summed E-state index contributed by atoms with van der Waals surface area (Å²) in [7, 11) is 1.36. The average molecular weight is 434 g/mol. The summed E-state index contributed by atoms with van der Waals surface area (Å²) in [6.07, 6.45) is 0. The highest BCUT2D eigenvalue weighted by molar-refractivity contribution is 6.21. The Hall–Kier alpha value is -4.07. The summed E-state index contributed by atoms with van der Waals surface area (Å²) < 4.78 is 21.0. The lowest BCUT2D eigenvalue weighted by atomic mass is 10.1. The normalized spacial score (nSPS) is 12.8. The van der Waals surface area contributed by atoms with Crippen LogP contribution in [0.15, 0.2) is 48.5 Å². The second-order valence-corrected chi connectivity index (χ2v) is 7.50. The lowest BCUT2D eigenvalue weighted by molar-refractivity contribution is 0.0474. The van der Waals surface area contributed by atoms with Crippen molar-refractivity contribution in [3.8, 4) is 5.69 Å². The van der Waals surface area contributed by atoms with Gasteiger partial charge in [-0.2, -0.15) is 0 Å². The molecule has 7 nitrogen and oxygen atoms in total. The number of nitrogens with zero attached hydrogens (tertiary/aromatic N) is 2. The summed E-state index contributed by atoms with van der Waals surface area (Å²) in [6, 6.07) is 11.9. The molecule has 2 aromatic carbocycles. The topological polar surface area (TPSA) is 85.7 Å². The standard InChI is InChI=1S/C24H19FN2O5/c1-13-10-17(14(2)27(13)20-7-5-4-6-19(20)25)21(28)12-32-24(31)15-8-9-16-18(11-15)23(30)26(3)22(16)29/h4-11H,12H2,1-3H3. The fourth-order valence-corrected chi connectivity index (χ4v) is 3.83. The molecule has 0 fully saturated rings. The molecule has 2 heterocycles. The van der Waals surface area contributed by atoms with E-state index >= 15 is 0 Å². The van der Waals surface area contributed by atoms with Gasteiger partial charge >= 0.3 is 5.97 Å². The van der Waals surface area contributed by atoms with E-state index in [0.29, 0.717) is 22.6 Å². The molecule has 1 aliphatic heterocycles. The first-order chi connectivity index (χ1) is 15.2. The Morgan fingerprint density at radius 2 is 1.66 bits per heavy atom. The van der Waals surface area contributed by atoms with E-state index in [1.807, 2.05) is 0 Å². The van der Waals surface area contributed by atoms with Crippen molar-refractivity contribution in [2.45, 2.75) is 13.8 Å². The van der Waals surface area contributed by atoms with Crippen LogP contribution < -0.4 is 0 Å². The van der Waals surface area contributed by atoms with Gasteiger partial charge in [0.1, 0.15) is 5.82 Å². The number of ether oxygens (including phenoxy) is 1. The van der Waals surface area contributed by atoms with E-state index in [0.717, 1.165) is 4.90 Å². The van der Waals surface area contributed by atoms with Crippen LogP contribution in [0.3, 0.4) is 0 Å². The van der Waals surface area contributed by atoms with Crippen molar-refractivity contribution in [2.75, 3.05) is 13.7 Å². The Bertz CT molecular complexity index is 1310. The number of rotatable bonds is 5. The molecule has 0 spiro atoms. The zero-order chi connectivity index (χ0) is 23.2. The van der Waals surface area contributed by atoms with Gasteiger partial charge in [-0.3, -0.25) is 19.3 Å². The quantitative estimate of drug-likeness (QED) is 0.349. The van der Waals surface area contributed by atoms with Gasteiger partial charge in [-0.15, -0.1) is 0 Å². The minimum absolute atomic E-state index is 0.0600. The van der Waals surface area contributed by atoms with Crippen molar-refractivity contribution in [3.05, 3.63) is 88.0 Å². The lowest BCUT2D eigenvalue weighted by Gasteiger charge is -2.11. The monoisotopic (exact) mass is 434 g/mol. The molecule has 0 radical (unpaired) electrons. The minimum Gasteiger partial charge on any atom is -0.454 e. The molecule has 0 aliphatic carbocycles. The molecule has 0 atom stereocenters. The van der Waals surface area contributed by atoms with E-state index < -0.39 is 36.0 Å². The van der Waals surface area contributed by atoms with Gasteiger partial charge in [0.05, 0.1) is 22.4 Å². The number of amides is 2. The van der Waals surface area contributed by atoms with Gasteiger partial charge in [0.25, 0.3) is 11.8 Å². The highest BCUT2D eigenvalue weighted by atomic mass is 19.1. The SMILES string of the molecule is Cc1cc(C(=O)COC(=O)c2ccc3c(c2)C(=O)N(C)C3=O)c(C)n1-c1ccccc1F. The molecule has 8 heteroatoms. The third-order valence-corrected chi connectivity index (χ3v) is 5.48. The summed E-state index contributed by atoms with van der Waals surface area (Å²) >= 11 is 0. The fourth-order valence-electron chi connectivity index (χ4n) is 3.83. The Morgan fingerprint density at radius 3 is 2.38 bits per heavy atom. The molecule has 0 N–H and O–H groups in total. The van der Waals surface area contributed by atoms with E-state index in [4.69, 9.17) is 4.74 Å². The number of halogens is 1. The Balaban J connectivity index is 1.51. The number of esters is 1. The molecule has 1 aromatic heterocycles. The number of para-hydroxylation sites is 1. The predicted molar refractivity (Wildman–Crippen MR) is 113 cm³/mol. The van der Waals surface area contributed by atoms with Crippen LogP contribution >= 0.6 is 0 Å². The van der Waals surface area contributed by atoms with Crippen LogP contribution in [-0.2, 0) is 4.74 Å². The van der Waals surface area contributed by atoms with E-state index in [-0.39, 0.29) is 16.7 Å². The zero-order valence-corrected chi connectivity index (χ0v) is 17.6. The van der Waals surface area contributed by atoms with Crippen LogP contribution in [0.1, 0.15) is 52.8 Å². The maximum atomic E-state index is 14.2. The summed E-state index contributed by atoms with van der Waals surface area (Å²) in [5, 5.41) is 0. The molecule has 162 valence electrons. The van der Waals surface area contributed by atoms with Gasteiger partial charge in [-0.05, 0) is 50.2 Å². The van der Waals surface area contributed by atoms with Crippen molar-refractivity contribution in [3.63, 3.8) is 0 Å². The number of Topliss-reactive ketones (excluding diaryl/α,β-unsaturated/α-hetero) is 1. The number of carbonyl (C=O) groups is 4. The number of aromatic nitrogens is 1. The van der Waals surface area contributed by atoms with Crippen molar-refractivity contribution >= 4 is 23.6 Å². The largest absolute Gasteiger partial charge is 0.454 e. The number of carbonyl (C=O) groups excluding carboxylic acids is 4. The first kappa shape index (κ1) is 21.2. The van der Waals surface area contributed by atoms with Crippen LogP contribution in [0.4, 0.5) is 4.39 Å². The van der Waals surface area contributed by atoms with E-state index in [9.17, 15) is 23.6 Å². The number of imide groups is 1.